The van der Waals surface area contributed by atoms with Crippen molar-refractivity contribution in [3.63, 3.8) is 0 Å². The maximum Gasteiger partial charge on any atom is 0.407 e. The van der Waals surface area contributed by atoms with E-state index in [1.807, 2.05) is 27.7 Å². The number of ether oxygens (including phenoxy) is 1. The van der Waals surface area contributed by atoms with Crippen LogP contribution in [0.5, 0.6) is 0 Å². The van der Waals surface area contributed by atoms with Crippen LogP contribution < -0.4 is 5.32 Å². The van der Waals surface area contributed by atoms with E-state index in [-0.39, 0.29) is 0 Å². The highest BCUT2D eigenvalue weighted by molar-refractivity contribution is 5.67. The topological polar surface area (TPSA) is 77.2 Å². The van der Waals surface area contributed by atoms with Gasteiger partial charge in [-0.25, -0.2) is 4.79 Å². The molecule has 0 unspecified atom stereocenters. The summed E-state index contributed by atoms with van der Waals surface area (Å²) in [5.74, 6) is 1.13. The monoisotopic (exact) mass is 241 g/mol. The van der Waals surface area contributed by atoms with E-state index in [1.54, 1.807) is 0 Å². The largest absolute Gasteiger partial charge is 0.444 e. The van der Waals surface area contributed by atoms with Crippen LogP contribution in [0.15, 0.2) is 4.42 Å². The fourth-order valence-corrected chi connectivity index (χ4v) is 1.12. The van der Waals surface area contributed by atoms with Crippen molar-refractivity contribution >= 4 is 6.09 Å². The summed E-state index contributed by atoms with van der Waals surface area (Å²) in [6.45, 7) is 7.81. The summed E-state index contributed by atoms with van der Waals surface area (Å²) in [7, 11) is 0. The average molecular weight is 241 g/mol. The lowest BCUT2D eigenvalue weighted by Crippen LogP contribution is -2.33. The van der Waals surface area contributed by atoms with Crippen LogP contribution in [0.25, 0.3) is 0 Å². The Labute approximate surface area is 101 Å². The fourth-order valence-electron chi connectivity index (χ4n) is 1.12. The zero-order valence-electron chi connectivity index (χ0n) is 10.7. The van der Waals surface area contributed by atoms with Crippen molar-refractivity contribution in [1.82, 2.24) is 15.5 Å². The molecule has 0 saturated heterocycles. The summed E-state index contributed by atoms with van der Waals surface area (Å²) >= 11 is 0. The Balaban J connectivity index is 2.26. The van der Waals surface area contributed by atoms with Crippen LogP contribution in [-0.4, -0.2) is 28.4 Å². The molecule has 0 fully saturated rings. The molecule has 0 saturated carbocycles. The molecular formula is C11H19N3O3. The van der Waals surface area contributed by atoms with Gasteiger partial charge in [0.25, 0.3) is 0 Å². The second-order valence-corrected chi connectivity index (χ2v) is 4.62. The third kappa shape index (κ3) is 5.33. The van der Waals surface area contributed by atoms with Crippen molar-refractivity contribution in [2.24, 2.45) is 0 Å². The molecule has 1 N–H and O–H groups in total. The van der Waals surface area contributed by atoms with Crippen molar-refractivity contribution in [2.75, 3.05) is 6.54 Å². The lowest BCUT2D eigenvalue weighted by atomic mass is 10.2. The summed E-state index contributed by atoms with van der Waals surface area (Å²) in [6.07, 6.45) is 0.784. The number of nitrogens with zero attached hydrogens (tertiary/aromatic N) is 2. The second kappa shape index (κ2) is 5.65. The van der Waals surface area contributed by atoms with Gasteiger partial charge in [-0.15, -0.1) is 10.2 Å². The van der Waals surface area contributed by atoms with Gasteiger partial charge >= 0.3 is 6.09 Å². The molecule has 1 aromatic rings. The van der Waals surface area contributed by atoms with Crippen molar-refractivity contribution in [3.8, 4) is 0 Å². The van der Waals surface area contributed by atoms with Gasteiger partial charge in [-0.05, 0) is 20.8 Å². The number of nitrogens with one attached hydrogen (secondary N) is 1. The van der Waals surface area contributed by atoms with Gasteiger partial charge in [0.2, 0.25) is 11.8 Å². The molecule has 0 aliphatic rings. The predicted molar refractivity (Wildman–Crippen MR) is 61.6 cm³/mol. The Morgan fingerprint density at radius 1 is 1.35 bits per heavy atom. The van der Waals surface area contributed by atoms with Crippen LogP contribution in [0.2, 0.25) is 0 Å². The molecule has 1 amide bonds. The SMILES string of the molecule is CCc1nnc(CCNC(=O)OC(C)(C)C)o1. The molecule has 6 nitrogen and oxygen atoms in total. The van der Waals surface area contributed by atoms with E-state index in [2.05, 4.69) is 15.5 Å². The minimum absolute atomic E-state index is 0.417. The molecule has 0 atom stereocenters. The number of alkyl carbamates (subject to hydrolysis) is 1. The van der Waals surface area contributed by atoms with Crippen LogP contribution in [0, 0.1) is 0 Å². The standard InChI is InChI=1S/C11H19N3O3/c1-5-8-13-14-9(16-8)6-7-12-10(15)17-11(2,3)4/h5-7H2,1-4H3,(H,12,15). The maximum absolute atomic E-state index is 11.3. The highest BCUT2D eigenvalue weighted by Gasteiger charge is 2.15. The van der Waals surface area contributed by atoms with Crippen LogP contribution in [0.1, 0.15) is 39.5 Å². The summed E-state index contributed by atoms with van der Waals surface area (Å²) < 4.78 is 10.4. The summed E-state index contributed by atoms with van der Waals surface area (Å²) in [6, 6.07) is 0. The Morgan fingerprint density at radius 2 is 2.00 bits per heavy atom. The zero-order chi connectivity index (χ0) is 12.9. The molecule has 0 aliphatic heterocycles. The molecule has 0 spiro atoms. The van der Waals surface area contributed by atoms with Gasteiger partial charge in [-0.1, -0.05) is 6.92 Å². The second-order valence-electron chi connectivity index (χ2n) is 4.62. The van der Waals surface area contributed by atoms with Gasteiger partial charge in [0.05, 0.1) is 0 Å². The Hall–Kier alpha value is -1.59. The molecule has 0 aliphatic carbocycles. The number of amides is 1. The van der Waals surface area contributed by atoms with Gasteiger partial charge < -0.3 is 14.5 Å². The van der Waals surface area contributed by atoms with Crippen molar-refractivity contribution < 1.29 is 13.9 Å². The van der Waals surface area contributed by atoms with E-state index in [4.69, 9.17) is 9.15 Å². The van der Waals surface area contributed by atoms with E-state index < -0.39 is 11.7 Å². The number of hydrogen-bond donors (Lipinski definition) is 1. The number of hydrogen-bond acceptors (Lipinski definition) is 5. The lowest BCUT2D eigenvalue weighted by molar-refractivity contribution is 0.0528. The normalized spacial score (nSPS) is 11.3. The fraction of sp³-hybridized carbons (Fsp3) is 0.727. The van der Waals surface area contributed by atoms with E-state index in [0.29, 0.717) is 31.2 Å². The molecule has 0 bridgehead atoms. The highest BCUT2D eigenvalue weighted by atomic mass is 16.6. The quantitative estimate of drug-likeness (QED) is 0.868. The molecule has 17 heavy (non-hydrogen) atoms. The maximum atomic E-state index is 11.3. The van der Waals surface area contributed by atoms with Gasteiger partial charge in [-0.3, -0.25) is 0 Å². The Morgan fingerprint density at radius 3 is 2.53 bits per heavy atom. The van der Waals surface area contributed by atoms with Gasteiger partial charge in [0.15, 0.2) is 0 Å². The van der Waals surface area contributed by atoms with Gasteiger partial charge in [0, 0.05) is 19.4 Å². The summed E-state index contributed by atoms with van der Waals surface area (Å²) in [5, 5.41) is 10.3. The lowest BCUT2D eigenvalue weighted by Gasteiger charge is -2.19. The summed E-state index contributed by atoms with van der Waals surface area (Å²) in [4.78, 5) is 11.3. The van der Waals surface area contributed by atoms with E-state index in [0.717, 1.165) is 0 Å². The van der Waals surface area contributed by atoms with Crippen molar-refractivity contribution in [3.05, 3.63) is 11.8 Å². The van der Waals surface area contributed by atoms with E-state index in [9.17, 15) is 4.79 Å². The smallest absolute Gasteiger partial charge is 0.407 e. The number of aromatic nitrogens is 2. The average Bonchev–Trinajstić information content (AvgIpc) is 2.63. The van der Waals surface area contributed by atoms with E-state index in [1.165, 1.54) is 0 Å². The van der Waals surface area contributed by atoms with E-state index >= 15 is 0 Å². The first-order chi connectivity index (χ1) is 7.90. The third-order valence-corrected chi connectivity index (χ3v) is 1.82. The predicted octanol–water partition coefficient (Wildman–Crippen LogP) is 1.70. The van der Waals surface area contributed by atoms with Crippen LogP contribution in [0.3, 0.4) is 0 Å². The molecule has 0 radical (unpaired) electrons. The molecule has 96 valence electrons. The number of aryl methyl sites for hydroxylation is 1. The van der Waals surface area contributed by atoms with Gasteiger partial charge in [-0.2, -0.15) is 0 Å². The van der Waals surface area contributed by atoms with Crippen LogP contribution in [0.4, 0.5) is 4.79 Å². The minimum atomic E-state index is -0.482. The number of rotatable bonds is 4. The van der Waals surface area contributed by atoms with Gasteiger partial charge in [0.1, 0.15) is 5.60 Å². The van der Waals surface area contributed by atoms with Crippen LogP contribution >= 0.6 is 0 Å². The molecule has 1 aromatic heterocycles. The molecule has 6 heteroatoms. The highest BCUT2D eigenvalue weighted by Crippen LogP contribution is 2.06. The number of carbonyl (C=O) groups is 1. The molecular weight excluding hydrogens is 222 g/mol. The molecule has 1 heterocycles. The van der Waals surface area contributed by atoms with Crippen molar-refractivity contribution in [2.45, 2.75) is 46.1 Å². The minimum Gasteiger partial charge on any atom is -0.444 e. The van der Waals surface area contributed by atoms with Crippen LogP contribution in [-0.2, 0) is 17.6 Å². The first-order valence-corrected chi connectivity index (χ1v) is 5.69. The molecule has 1 rings (SSSR count). The first-order valence-electron chi connectivity index (χ1n) is 5.69. The van der Waals surface area contributed by atoms with Crippen molar-refractivity contribution in [1.29, 1.82) is 0 Å². The Kier molecular flexibility index (Phi) is 4.48. The number of carbonyl (C=O) groups excluding carboxylic acids is 1. The Bertz CT molecular complexity index is 368. The third-order valence-electron chi connectivity index (χ3n) is 1.82. The molecule has 0 aromatic carbocycles. The zero-order valence-corrected chi connectivity index (χ0v) is 10.7. The first kappa shape index (κ1) is 13.5. The summed E-state index contributed by atoms with van der Waals surface area (Å²) in [5.41, 5.74) is -0.482.